The number of carboxylic acid groups (broad SMARTS) is 1. The summed E-state index contributed by atoms with van der Waals surface area (Å²) in [4.78, 5) is 28.2. The number of methoxy groups -OCH3 is 1. The van der Waals surface area contributed by atoms with E-state index in [0.29, 0.717) is 11.6 Å². The molecule has 9 nitrogen and oxygen atoms in total. The Morgan fingerprint density at radius 3 is 1.94 bits per heavy atom. The molecule has 0 unspecified atom stereocenters. The molecular weight excluding hydrogens is 754 g/mol. The van der Waals surface area contributed by atoms with Crippen molar-refractivity contribution in [1.29, 1.82) is 0 Å². The van der Waals surface area contributed by atoms with E-state index in [4.69, 9.17) is 4.74 Å². The Hall–Kier alpha value is -5.10. The van der Waals surface area contributed by atoms with Crippen molar-refractivity contribution in [3.63, 3.8) is 0 Å². The fourth-order valence-corrected chi connectivity index (χ4v) is 7.52. The minimum Gasteiger partial charge on any atom is -0.495 e. The predicted molar refractivity (Wildman–Crippen MR) is 175 cm³/mol. The van der Waals surface area contributed by atoms with Crippen molar-refractivity contribution in [2.24, 2.45) is 0 Å². The zero-order valence-electron chi connectivity index (χ0n) is 28.1. The number of rotatable bonds is 13. The fraction of sp³-hybridized carbons (Fsp3) is 0.306. The summed E-state index contributed by atoms with van der Waals surface area (Å²) in [5.41, 5.74) is -0.522. The lowest BCUT2D eigenvalue weighted by atomic mass is 9.99. The highest BCUT2D eigenvalue weighted by Crippen LogP contribution is 2.46. The maximum atomic E-state index is 15.1. The molecule has 2 aliphatic carbocycles. The number of benzene rings is 3. The van der Waals surface area contributed by atoms with Gasteiger partial charge in [0.1, 0.15) is 5.75 Å². The number of carbonyl (C=O) groups is 2. The molecule has 2 aliphatic rings. The molecular formula is C36H29F8N3O6S. The van der Waals surface area contributed by atoms with Gasteiger partial charge in [-0.1, -0.05) is 18.2 Å². The molecule has 1 aromatic heterocycles. The summed E-state index contributed by atoms with van der Waals surface area (Å²) in [7, 11) is -4.90. The summed E-state index contributed by atoms with van der Waals surface area (Å²) in [6.45, 7) is -3.40. The Bertz CT molecular complexity index is 2200. The second-order valence-electron chi connectivity index (χ2n) is 12.9. The van der Waals surface area contributed by atoms with Crippen LogP contribution in [0.25, 0.3) is 0 Å². The monoisotopic (exact) mass is 783 g/mol. The topological polar surface area (TPSA) is 117 Å². The van der Waals surface area contributed by atoms with Crippen molar-refractivity contribution in [1.82, 2.24) is 9.29 Å². The average Bonchev–Trinajstić information content (AvgIpc) is 4.05. The number of alkyl halides is 3. The quantitative estimate of drug-likeness (QED) is 0.0840. The third-order valence-electron chi connectivity index (χ3n) is 9.09. The number of pyridine rings is 1. The summed E-state index contributed by atoms with van der Waals surface area (Å²) in [5.74, 6) is -16.0. The molecule has 6 rings (SSSR count). The Morgan fingerprint density at radius 2 is 1.43 bits per heavy atom. The van der Waals surface area contributed by atoms with Gasteiger partial charge in [-0.3, -0.25) is 9.78 Å². The number of aromatic carboxylic acids is 1. The highest BCUT2D eigenvalue weighted by Gasteiger charge is 2.41. The molecule has 54 heavy (non-hydrogen) atoms. The first-order valence-electron chi connectivity index (χ1n) is 16.3. The maximum absolute atomic E-state index is 15.1. The number of carbonyl (C=O) groups excluding carboxylic acids is 1. The molecule has 1 amide bonds. The van der Waals surface area contributed by atoms with E-state index in [1.165, 1.54) is 0 Å². The number of sulfonamides is 1. The van der Waals surface area contributed by atoms with E-state index >= 15 is 8.78 Å². The van der Waals surface area contributed by atoms with Crippen LogP contribution in [0.1, 0.15) is 75.8 Å². The van der Waals surface area contributed by atoms with Gasteiger partial charge >= 0.3 is 12.1 Å². The first kappa shape index (κ1) is 38.6. The largest absolute Gasteiger partial charge is 0.495 e. The zero-order valence-corrected chi connectivity index (χ0v) is 28.9. The van der Waals surface area contributed by atoms with Gasteiger partial charge < -0.3 is 14.7 Å². The van der Waals surface area contributed by atoms with Crippen LogP contribution in [-0.4, -0.2) is 48.3 Å². The van der Waals surface area contributed by atoms with Crippen LogP contribution < -0.4 is 9.64 Å². The molecule has 0 aliphatic heterocycles. The molecule has 1 N–H and O–H groups in total. The van der Waals surface area contributed by atoms with Crippen molar-refractivity contribution in [2.45, 2.75) is 61.7 Å². The Balaban J connectivity index is 1.49. The van der Waals surface area contributed by atoms with E-state index in [-0.39, 0.29) is 39.7 Å². The summed E-state index contributed by atoms with van der Waals surface area (Å²) < 4.78 is 148. The van der Waals surface area contributed by atoms with Gasteiger partial charge in [-0.2, -0.15) is 17.5 Å². The molecule has 2 saturated carbocycles. The molecule has 0 spiro atoms. The Kier molecular flexibility index (Phi) is 10.5. The minimum absolute atomic E-state index is 0.139. The average molecular weight is 784 g/mol. The Morgan fingerprint density at radius 1 is 0.852 bits per heavy atom. The first-order chi connectivity index (χ1) is 25.4. The third-order valence-corrected chi connectivity index (χ3v) is 10.9. The van der Waals surface area contributed by atoms with Crippen LogP contribution in [0.4, 0.5) is 40.8 Å². The third kappa shape index (κ3) is 7.75. The molecule has 1 heterocycles. The smallest absolute Gasteiger partial charge is 0.418 e. The fourth-order valence-electron chi connectivity index (χ4n) is 6.06. The standard InChI is InChI=1S/C36H29F8N3O6S/c1-53-27-14-21(35(49)50)8-9-26(27)47(15-18-11-22(19-4-5-19)13-23(12-18)20-6-7-20)28(48)17-46(16-25-24(36(42,43)44)3-2-10-45-25)54(51,52)34-32(40)30(38)29(37)31(39)33(34)41/h2-3,8-14,19-20H,4-7,15-17H2,1H3,(H,49,50). The number of anilines is 1. The predicted octanol–water partition coefficient (Wildman–Crippen LogP) is 7.68. The number of hydrogen-bond acceptors (Lipinski definition) is 6. The number of ether oxygens (including phenoxy) is 1. The number of halogens is 8. The maximum Gasteiger partial charge on any atom is 0.418 e. The van der Waals surface area contributed by atoms with Gasteiger partial charge in [0, 0.05) is 6.20 Å². The summed E-state index contributed by atoms with van der Waals surface area (Å²) >= 11 is 0. The molecule has 4 aromatic rings. The van der Waals surface area contributed by atoms with E-state index in [1.807, 2.05) is 12.1 Å². The van der Waals surface area contributed by atoms with Crippen molar-refractivity contribution in [2.75, 3.05) is 18.6 Å². The lowest BCUT2D eigenvalue weighted by Gasteiger charge is -2.29. The first-order valence-corrected chi connectivity index (χ1v) is 17.7. The second-order valence-corrected chi connectivity index (χ2v) is 14.8. The number of nitrogens with zero attached hydrogens (tertiary/aromatic N) is 3. The molecule has 286 valence electrons. The van der Waals surface area contributed by atoms with Crippen molar-refractivity contribution < 1.29 is 63.0 Å². The van der Waals surface area contributed by atoms with Gasteiger partial charge in [0.2, 0.25) is 21.7 Å². The van der Waals surface area contributed by atoms with Crippen LogP contribution in [0, 0.1) is 29.1 Å². The molecule has 0 atom stereocenters. The Labute approximate surface area is 302 Å². The number of hydrogen-bond donors (Lipinski definition) is 1. The van der Waals surface area contributed by atoms with Crippen LogP contribution in [0.2, 0.25) is 0 Å². The second kappa shape index (κ2) is 14.6. The van der Waals surface area contributed by atoms with E-state index in [0.717, 1.165) is 79.3 Å². The van der Waals surface area contributed by atoms with Gasteiger partial charge in [-0.15, -0.1) is 0 Å². The molecule has 0 bridgehead atoms. The molecule has 0 radical (unpaired) electrons. The van der Waals surface area contributed by atoms with Crippen LogP contribution in [0.15, 0.2) is 59.6 Å². The van der Waals surface area contributed by atoms with E-state index in [9.17, 15) is 49.5 Å². The van der Waals surface area contributed by atoms with Gasteiger partial charge in [0.25, 0.3) is 0 Å². The van der Waals surface area contributed by atoms with Gasteiger partial charge in [-0.25, -0.2) is 35.2 Å². The zero-order chi connectivity index (χ0) is 39.3. The molecule has 3 aromatic carbocycles. The van der Waals surface area contributed by atoms with Gasteiger partial charge in [0.15, 0.2) is 28.2 Å². The van der Waals surface area contributed by atoms with Crippen LogP contribution in [0.5, 0.6) is 5.75 Å². The molecule has 2 fully saturated rings. The van der Waals surface area contributed by atoms with Crippen LogP contribution in [0.3, 0.4) is 0 Å². The van der Waals surface area contributed by atoms with Crippen LogP contribution >= 0.6 is 0 Å². The van der Waals surface area contributed by atoms with Crippen molar-refractivity contribution in [3.8, 4) is 5.75 Å². The minimum atomic E-state index is -6.05. The normalized spacial score (nSPS) is 14.7. The number of carboxylic acids is 1. The van der Waals surface area contributed by atoms with E-state index in [1.54, 1.807) is 0 Å². The highest BCUT2D eigenvalue weighted by molar-refractivity contribution is 7.89. The summed E-state index contributed by atoms with van der Waals surface area (Å²) in [6, 6.07) is 10.4. The summed E-state index contributed by atoms with van der Waals surface area (Å²) in [6.07, 6.45) is -0.666. The van der Waals surface area contributed by atoms with E-state index < -0.39 is 86.4 Å². The lowest BCUT2D eigenvalue weighted by molar-refractivity contribution is -0.138. The van der Waals surface area contributed by atoms with Gasteiger partial charge in [0.05, 0.1) is 49.3 Å². The van der Waals surface area contributed by atoms with Crippen molar-refractivity contribution in [3.05, 3.63) is 117 Å². The SMILES string of the molecule is COc1cc(C(=O)O)ccc1N(Cc1cc(C2CC2)cc(C2CC2)c1)C(=O)CN(Cc1ncccc1C(F)(F)F)S(=O)(=O)c1c(F)c(F)c(F)c(F)c1F. The van der Waals surface area contributed by atoms with Crippen molar-refractivity contribution >= 4 is 27.6 Å². The molecule has 0 saturated heterocycles. The van der Waals surface area contributed by atoms with E-state index in [2.05, 4.69) is 11.1 Å². The summed E-state index contributed by atoms with van der Waals surface area (Å²) in [5, 5.41) is 9.56. The van der Waals surface area contributed by atoms with Gasteiger partial charge in [-0.05, 0) is 84.5 Å². The lowest BCUT2D eigenvalue weighted by Crippen LogP contribution is -2.43. The number of aromatic nitrogens is 1. The molecule has 18 heteroatoms. The highest BCUT2D eigenvalue weighted by atomic mass is 32.2. The van der Waals surface area contributed by atoms with Crippen LogP contribution in [-0.2, 0) is 34.1 Å². The number of amides is 1.